The number of carbonyl (C=O) groups excluding carboxylic acids is 1. The zero-order chi connectivity index (χ0) is 9.52. The first kappa shape index (κ1) is 10.6. The van der Waals surface area contributed by atoms with E-state index in [4.69, 9.17) is 11.6 Å². The van der Waals surface area contributed by atoms with Crippen LogP contribution in [0.3, 0.4) is 0 Å². The number of thioether (sulfide) groups is 1. The minimum atomic E-state index is 0.620. The number of rotatable bonds is 5. The third-order valence-corrected chi connectivity index (χ3v) is 3.00. The molecule has 0 aliphatic heterocycles. The molecule has 0 bridgehead atoms. The predicted molar refractivity (Wildman–Crippen MR) is 58.3 cm³/mol. The lowest BCUT2D eigenvalue weighted by atomic mass is 10.2. The van der Waals surface area contributed by atoms with E-state index in [1.165, 1.54) is 0 Å². The summed E-state index contributed by atoms with van der Waals surface area (Å²) in [6, 6.07) is 7.79. The van der Waals surface area contributed by atoms with E-state index in [0.717, 1.165) is 28.4 Å². The highest BCUT2D eigenvalue weighted by Crippen LogP contribution is 2.20. The topological polar surface area (TPSA) is 17.1 Å². The summed E-state index contributed by atoms with van der Waals surface area (Å²) in [5, 5.41) is 0.807. The molecule has 0 fully saturated rings. The van der Waals surface area contributed by atoms with Crippen LogP contribution in [0.5, 0.6) is 0 Å². The first-order valence-electron chi connectivity index (χ1n) is 4.09. The molecule has 0 aliphatic carbocycles. The fourth-order valence-electron chi connectivity index (χ4n) is 0.929. The summed E-state index contributed by atoms with van der Waals surface area (Å²) >= 11 is 7.68. The average Bonchev–Trinajstić information content (AvgIpc) is 2.15. The predicted octanol–water partition coefficient (Wildman–Crippen LogP) is 3.16. The smallest absolute Gasteiger partial charge is 0.120 e. The van der Waals surface area contributed by atoms with Crippen LogP contribution >= 0.6 is 23.4 Å². The van der Waals surface area contributed by atoms with Crippen LogP contribution in [0.25, 0.3) is 0 Å². The lowest BCUT2D eigenvalue weighted by molar-refractivity contribution is -0.107. The minimum Gasteiger partial charge on any atom is -0.303 e. The Labute approximate surface area is 87.5 Å². The Morgan fingerprint density at radius 1 is 1.38 bits per heavy atom. The van der Waals surface area contributed by atoms with Gasteiger partial charge in [-0.25, -0.2) is 0 Å². The van der Waals surface area contributed by atoms with E-state index >= 15 is 0 Å². The Hall–Kier alpha value is -0.470. The van der Waals surface area contributed by atoms with Crippen molar-refractivity contribution in [1.82, 2.24) is 0 Å². The molecule has 0 atom stereocenters. The Balaban J connectivity index is 2.36. The molecule has 1 aromatic carbocycles. The van der Waals surface area contributed by atoms with Gasteiger partial charge in [0.1, 0.15) is 6.29 Å². The number of aldehydes is 1. The Morgan fingerprint density at radius 2 is 2.15 bits per heavy atom. The highest BCUT2D eigenvalue weighted by atomic mass is 35.5. The van der Waals surface area contributed by atoms with Gasteiger partial charge in [-0.1, -0.05) is 29.8 Å². The molecular formula is C10H11ClOS. The van der Waals surface area contributed by atoms with Crippen molar-refractivity contribution in [2.45, 2.75) is 12.2 Å². The fraction of sp³-hybridized carbons (Fsp3) is 0.300. The maximum absolute atomic E-state index is 10.0. The van der Waals surface area contributed by atoms with Crippen LogP contribution in [-0.2, 0) is 10.5 Å². The summed E-state index contributed by atoms with van der Waals surface area (Å²) in [6.07, 6.45) is 1.56. The SMILES string of the molecule is O=CCCSCc1ccccc1Cl. The molecule has 0 amide bonds. The Morgan fingerprint density at radius 3 is 2.85 bits per heavy atom. The first-order valence-corrected chi connectivity index (χ1v) is 5.62. The molecule has 1 aromatic rings. The summed E-state index contributed by atoms with van der Waals surface area (Å²) in [7, 11) is 0. The minimum absolute atomic E-state index is 0.620. The van der Waals surface area contributed by atoms with Crippen molar-refractivity contribution >= 4 is 29.6 Å². The molecule has 3 heteroatoms. The molecule has 0 N–H and O–H groups in total. The summed E-state index contributed by atoms with van der Waals surface area (Å²) in [5.41, 5.74) is 1.14. The quantitative estimate of drug-likeness (QED) is 0.553. The Bertz CT molecular complexity index is 275. The number of carbonyl (C=O) groups is 1. The Kier molecular flexibility index (Phi) is 4.94. The number of hydrogen-bond donors (Lipinski definition) is 0. The normalized spacial score (nSPS) is 9.92. The molecule has 0 spiro atoms. The van der Waals surface area contributed by atoms with Gasteiger partial charge in [-0.3, -0.25) is 0 Å². The lowest BCUT2D eigenvalue weighted by Gasteiger charge is -2.01. The number of benzene rings is 1. The van der Waals surface area contributed by atoms with Crippen molar-refractivity contribution in [3.8, 4) is 0 Å². The largest absolute Gasteiger partial charge is 0.303 e. The maximum atomic E-state index is 10.0. The lowest BCUT2D eigenvalue weighted by Crippen LogP contribution is -1.85. The standard InChI is InChI=1S/C10H11ClOS/c11-10-5-2-1-4-9(10)8-13-7-3-6-12/h1-2,4-6H,3,7-8H2. The van der Waals surface area contributed by atoms with Gasteiger partial charge in [0, 0.05) is 22.9 Å². The zero-order valence-corrected chi connectivity index (χ0v) is 8.77. The third-order valence-electron chi connectivity index (χ3n) is 1.60. The van der Waals surface area contributed by atoms with Crippen LogP contribution in [-0.4, -0.2) is 12.0 Å². The number of hydrogen-bond acceptors (Lipinski definition) is 2. The molecule has 1 rings (SSSR count). The van der Waals surface area contributed by atoms with Crippen LogP contribution in [0.4, 0.5) is 0 Å². The van der Waals surface area contributed by atoms with Crippen molar-refractivity contribution in [2.75, 3.05) is 5.75 Å². The van der Waals surface area contributed by atoms with Gasteiger partial charge in [0.25, 0.3) is 0 Å². The van der Waals surface area contributed by atoms with Crippen LogP contribution in [0.1, 0.15) is 12.0 Å². The van der Waals surface area contributed by atoms with Crippen molar-refractivity contribution < 1.29 is 4.79 Å². The monoisotopic (exact) mass is 214 g/mol. The second-order valence-corrected chi connectivity index (χ2v) is 4.11. The van der Waals surface area contributed by atoms with Gasteiger partial charge in [0.05, 0.1) is 0 Å². The maximum Gasteiger partial charge on any atom is 0.120 e. The second-order valence-electron chi connectivity index (χ2n) is 2.60. The van der Waals surface area contributed by atoms with E-state index in [2.05, 4.69) is 0 Å². The number of halogens is 1. The van der Waals surface area contributed by atoms with Gasteiger partial charge >= 0.3 is 0 Å². The van der Waals surface area contributed by atoms with E-state index in [0.29, 0.717) is 6.42 Å². The van der Waals surface area contributed by atoms with Crippen LogP contribution in [0.2, 0.25) is 5.02 Å². The van der Waals surface area contributed by atoms with E-state index in [9.17, 15) is 4.79 Å². The molecule has 0 unspecified atom stereocenters. The average molecular weight is 215 g/mol. The summed E-state index contributed by atoms with van der Waals surface area (Å²) in [5.74, 6) is 1.75. The van der Waals surface area contributed by atoms with E-state index in [-0.39, 0.29) is 0 Å². The third kappa shape index (κ3) is 3.83. The van der Waals surface area contributed by atoms with Gasteiger partial charge in [0.2, 0.25) is 0 Å². The molecule has 1 nitrogen and oxygen atoms in total. The van der Waals surface area contributed by atoms with Gasteiger partial charge in [-0.2, -0.15) is 11.8 Å². The van der Waals surface area contributed by atoms with Gasteiger partial charge in [0.15, 0.2) is 0 Å². The van der Waals surface area contributed by atoms with Gasteiger partial charge < -0.3 is 4.79 Å². The van der Waals surface area contributed by atoms with Crippen molar-refractivity contribution in [3.63, 3.8) is 0 Å². The van der Waals surface area contributed by atoms with E-state index < -0.39 is 0 Å². The van der Waals surface area contributed by atoms with E-state index in [1.54, 1.807) is 11.8 Å². The van der Waals surface area contributed by atoms with Gasteiger partial charge in [-0.05, 0) is 11.6 Å². The van der Waals surface area contributed by atoms with Crippen molar-refractivity contribution in [1.29, 1.82) is 0 Å². The molecule has 0 radical (unpaired) electrons. The summed E-state index contributed by atoms with van der Waals surface area (Å²) in [6.45, 7) is 0. The van der Waals surface area contributed by atoms with Gasteiger partial charge in [-0.15, -0.1) is 0 Å². The highest BCUT2D eigenvalue weighted by Gasteiger charge is 1.97. The molecule has 70 valence electrons. The molecule has 0 saturated carbocycles. The highest BCUT2D eigenvalue weighted by molar-refractivity contribution is 7.98. The summed E-state index contributed by atoms with van der Waals surface area (Å²) < 4.78 is 0. The molecule has 13 heavy (non-hydrogen) atoms. The van der Waals surface area contributed by atoms with Crippen LogP contribution in [0.15, 0.2) is 24.3 Å². The van der Waals surface area contributed by atoms with Crippen LogP contribution in [0, 0.1) is 0 Å². The molecule has 0 heterocycles. The van der Waals surface area contributed by atoms with Crippen molar-refractivity contribution in [3.05, 3.63) is 34.9 Å². The molecule has 0 aliphatic rings. The van der Waals surface area contributed by atoms with Crippen LogP contribution < -0.4 is 0 Å². The summed E-state index contributed by atoms with van der Waals surface area (Å²) in [4.78, 5) is 10.0. The molecular weight excluding hydrogens is 204 g/mol. The first-order chi connectivity index (χ1) is 6.34. The zero-order valence-electron chi connectivity index (χ0n) is 7.20. The van der Waals surface area contributed by atoms with Crippen molar-refractivity contribution in [2.24, 2.45) is 0 Å². The molecule has 0 aromatic heterocycles. The second kappa shape index (κ2) is 6.06. The molecule has 0 saturated heterocycles. The fourth-order valence-corrected chi connectivity index (χ4v) is 2.09. The van der Waals surface area contributed by atoms with E-state index in [1.807, 2.05) is 24.3 Å².